The first kappa shape index (κ1) is 19.7. The lowest BCUT2D eigenvalue weighted by Gasteiger charge is -2.29. The number of carbonyl (C=O) groups excluding carboxylic acids is 2. The molecule has 0 bridgehead atoms. The summed E-state index contributed by atoms with van der Waals surface area (Å²) in [5.41, 5.74) is 0.586. The zero-order chi connectivity index (χ0) is 19.9. The van der Waals surface area contributed by atoms with E-state index in [1.807, 2.05) is 12.1 Å². The van der Waals surface area contributed by atoms with Crippen molar-refractivity contribution in [3.05, 3.63) is 59.3 Å². The van der Waals surface area contributed by atoms with Crippen molar-refractivity contribution in [1.29, 1.82) is 0 Å². The summed E-state index contributed by atoms with van der Waals surface area (Å²) in [6.07, 6.45) is 5.18. The highest BCUT2D eigenvalue weighted by Gasteiger charge is 2.17. The van der Waals surface area contributed by atoms with Gasteiger partial charge in [-0.1, -0.05) is 6.07 Å². The third kappa shape index (κ3) is 5.03. The van der Waals surface area contributed by atoms with Crippen molar-refractivity contribution >= 4 is 17.6 Å². The van der Waals surface area contributed by atoms with Crippen LogP contribution in [0.25, 0.3) is 0 Å². The SMILES string of the molecule is O=C(CNC(=O)c1ccc(F)cc1F)NCc1cccnc1N1CCCCC1. The molecular formula is C20H22F2N4O2. The minimum Gasteiger partial charge on any atom is -0.356 e. The van der Waals surface area contributed by atoms with Gasteiger partial charge in [0.15, 0.2) is 0 Å². The molecule has 1 aliphatic rings. The Morgan fingerprint density at radius 1 is 1.07 bits per heavy atom. The zero-order valence-corrected chi connectivity index (χ0v) is 15.4. The second kappa shape index (κ2) is 9.25. The maximum absolute atomic E-state index is 13.6. The number of hydrogen-bond donors (Lipinski definition) is 2. The lowest BCUT2D eigenvalue weighted by molar-refractivity contribution is -0.120. The van der Waals surface area contributed by atoms with Gasteiger partial charge in [0.05, 0.1) is 12.1 Å². The standard InChI is InChI=1S/C20H22F2N4O2/c21-15-6-7-16(17(22)11-15)20(28)25-13-18(27)24-12-14-5-4-8-23-19(14)26-9-2-1-3-10-26/h4-8,11H,1-3,9-10,12-13H2,(H,24,27)(H,25,28). The number of benzene rings is 1. The molecule has 1 aromatic heterocycles. The van der Waals surface area contributed by atoms with E-state index in [2.05, 4.69) is 20.5 Å². The van der Waals surface area contributed by atoms with Crippen molar-refractivity contribution in [2.45, 2.75) is 25.8 Å². The molecule has 6 nitrogen and oxygen atoms in total. The van der Waals surface area contributed by atoms with Gasteiger partial charge in [-0.05, 0) is 37.5 Å². The van der Waals surface area contributed by atoms with E-state index < -0.39 is 23.4 Å². The Labute approximate surface area is 162 Å². The average molecular weight is 388 g/mol. The number of nitrogens with one attached hydrogen (secondary N) is 2. The van der Waals surface area contributed by atoms with Crippen molar-refractivity contribution in [3.8, 4) is 0 Å². The maximum atomic E-state index is 13.6. The number of aromatic nitrogens is 1. The summed E-state index contributed by atoms with van der Waals surface area (Å²) < 4.78 is 26.5. The van der Waals surface area contributed by atoms with Crippen molar-refractivity contribution in [2.75, 3.05) is 24.5 Å². The third-order valence-electron chi connectivity index (χ3n) is 4.58. The molecule has 148 valence electrons. The Bertz CT molecular complexity index is 854. The molecule has 28 heavy (non-hydrogen) atoms. The average Bonchev–Trinajstić information content (AvgIpc) is 2.71. The van der Waals surface area contributed by atoms with Crippen molar-refractivity contribution in [2.24, 2.45) is 0 Å². The number of carbonyl (C=O) groups is 2. The number of piperidine rings is 1. The van der Waals surface area contributed by atoms with E-state index >= 15 is 0 Å². The molecule has 8 heteroatoms. The fraction of sp³-hybridized carbons (Fsp3) is 0.350. The van der Waals surface area contributed by atoms with E-state index in [1.165, 1.54) is 6.42 Å². The summed E-state index contributed by atoms with van der Waals surface area (Å²) in [4.78, 5) is 30.7. The number of rotatable bonds is 6. The van der Waals surface area contributed by atoms with Gasteiger partial charge in [0.25, 0.3) is 5.91 Å². The monoisotopic (exact) mass is 388 g/mol. The van der Waals surface area contributed by atoms with E-state index in [4.69, 9.17) is 0 Å². The van der Waals surface area contributed by atoms with Crippen molar-refractivity contribution in [1.82, 2.24) is 15.6 Å². The van der Waals surface area contributed by atoms with Crippen LogP contribution in [-0.4, -0.2) is 36.4 Å². The Hall–Kier alpha value is -3.03. The highest BCUT2D eigenvalue weighted by Crippen LogP contribution is 2.21. The molecule has 2 heterocycles. The predicted octanol–water partition coefficient (Wildman–Crippen LogP) is 2.40. The molecule has 2 N–H and O–H groups in total. The molecule has 2 amide bonds. The van der Waals surface area contributed by atoms with Gasteiger partial charge in [-0.15, -0.1) is 0 Å². The lowest BCUT2D eigenvalue weighted by atomic mass is 10.1. The van der Waals surface area contributed by atoms with Gasteiger partial charge in [-0.25, -0.2) is 13.8 Å². The molecule has 1 aliphatic heterocycles. The van der Waals surface area contributed by atoms with Crippen LogP contribution >= 0.6 is 0 Å². The summed E-state index contributed by atoms with van der Waals surface area (Å²) in [7, 11) is 0. The summed E-state index contributed by atoms with van der Waals surface area (Å²) in [5, 5.41) is 5.07. The van der Waals surface area contributed by atoms with Gasteiger partial charge < -0.3 is 15.5 Å². The van der Waals surface area contributed by atoms with Gasteiger partial charge in [0.2, 0.25) is 5.91 Å². The number of hydrogen-bond acceptors (Lipinski definition) is 4. The first-order chi connectivity index (χ1) is 13.5. The minimum absolute atomic E-state index is 0.277. The lowest BCUT2D eigenvalue weighted by Crippen LogP contribution is -2.37. The number of nitrogens with zero attached hydrogens (tertiary/aromatic N) is 2. The predicted molar refractivity (Wildman–Crippen MR) is 101 cm³/mol. The molecule has 0 unspecified atom stereocenters. The summed E-state index contributed by atoms with van der Waals surface area (Å²) in [6, 6.07) is 6.37. The Balaban J connectivity index is 1.53. The Kier molecular flexibility index (Phi) is 6.52. The van der Waals surface area contributed by atoms with Crippen LogP contribution in [0.2, 0.25) is 0 Å². The fourth-order valence-corrected chi connectivity index (χ4v) is 3.14. The summed E-state index contributed by atoms with van der Waals surface area (Å²) >= 11 is 0. The van der Waals surface area contributed by atoms with Crippen molar-refractivity contribution in [3.63, 3.8) is 0 Å². The molecule has 0 saturated carbocycles. The van der Waals surface area contributed by atoms with Crippen LogP contribution in [0.5, 0.6) is 0 Å². The van der Waals surface area contributed by atoms with E-state index in [-0.39, 0.29) is 18.7 Å². The van der Waals surface area contributed by atoms with Crippen LogP contribution in [0.1, 0.15) is 35.2 Å². The molecule has 1 aromatic carbocycles. The van der Waals surface area contributed by atoms with Crippen LogP contribution in [0.3, 0.4) is 0 Å². The van der Waals surface area contributed by atoms with Crippen LogP contribution in [0.4, 0.5) is 14.6 Å². The molecule has 1 saturated heterocycles. The molecule has 0 spiro atoms. The largest absolute Gasteiger partial charge is 0.356 e. The van der Waals surface area contributed by atoms with E-state index in [0.717, 1.165) is 49.4 Å². The van der Waals surface area contributed by atoms with Gasteiger partial charge in [0, 0.05) is 37.5 Å². The van der Waals surface area contributed by atoms with Gasteiger partial charge in [0.1, 0.15) is 17.5 Å². The van der Waals surface area contributed by atoms with Gasteiger partial charge >= 0.3 is 0 Å². The molecule has 0 radical (unpaired) electrons. The van der Waals surface area contributed by atoms with E-state index in [0.29, 0.717) is 6.07 Å². The maximum Gasteiger partial charge on any atom is 0.254 e. The number of anilines is 1. The molecule has 2 aromatic rings. The first-order valence-corrected chi connectivity index (χ1v) is 9.23. The fourth-order valence-electron chi connectivity index (χ4n) is 3.14. The van der Waals surface area contributed by atoms with Gasteiger partial charge in [-0.3, -0.25) is 9.59 Å². The van der Waals surface area contributed by atoms with Crippen molar-refractivity contribution < 1.29 is 18.4 Å². The van der Waals surface area contributed by atoms with Crippen LogP contribution in [0, 0.1) is 11.6 Å². The molecule has 0 aliphatic carbocycles. The number of amides is 2. The summed E-state index contributed by atoms with van der Waals surface area (Å²) in [5.74, 6) is -2.07. The van der Waals surface area contributed by atoms with E-state index in [1.54, 1.807) is 6.20 Å². The molecule has 1 fully saturated rings. The normalized spacial score (nSPS) is 13.9. The molecule has 3 rings (SSSR count). The molecule has 0 atom stereocenters. The van der Waals surface area contributed by atoms with Crippen LogP contribution < -0.4 is 15.5 Å². The quantitative estimate of drug-likeness (QED) is 0.797. The topological polar surface area (TPSA) is 74.3 Å². The van der Waals surface area contributed by atoms with Crippen LogP contribution in [0.15, 0.2) is 36.5 Å². The van der Waals surface area contributed by atoms with Gasteiger partial charge in [-0.2, -0.15) is 0 Å². The second-order valence-electron chi connectivity index (χ2n) is 6.62. The van der Waals surface area contributed by atoms with Crippen LogP contribution in [-0.2, 0) is 11.3 Å². The highest BCUT2D eigenvalue weighted by molar-refractivity contribution is 5.96. The zero-order valence-electron chi connectivity index (χ0n) is 15.4. The summed E-state index contributed by atoms with van der Waals surface area (Å²) in [6.45, 7) is 1.85. The van der Waals surface area contributed by atoms with E-state index in [9.17, 15) is 18.4 Å². The number of halogens is 2. The highest BCUT2D eigenvalue weighted by atomic mass is 19.1. The third-order valence-corrected chi connectivity index (χ3v) is 4.58. The molecular weight excluding hydrogens is 366 g/mol. The Morgan fingerprint density at radius 2 is 1.86 bits per heavy atom. The smallest absolute Gasteiger partial charge is 0.254 e. The first-order valence-electron chi connectivity index (χ1n) is 9.23. The number of pyridine rings is 1. The second-order valence-corrected chi connectivity index (χ2v) is 6.62. The Morgan fingerprint density at radius 3 is 2.61 bits per heavy atom. The minimum atomic E-state index is -0.973.